The van der Waals surface area contributed by atoms with E-state index < -0.39 is 10.8 Å². The Hall–Kier alpha value is -2.99. The van der Waals surface area contributed by atoms with Crippen molar-refractivity contribution in [1.82, 2.24) is 0 Å². The van der Waals surface area contributed by atoms with Gasteiger partial charge in [0.1, 0.15) is 23.0 Å². The molecule has 0 saturated heterocycles. The Labute approximate surface area is 217 Å². The molecule has 4 rings (SSSR count). The van der Waals surface area contributed by atoms with E-state index in [0.29, 0.717) is 17.2 Å². The van der Waals surface area contributed by atoms with Crippen LogP contribution in [0.15, 0.2) is 66.7 Å². The standard InChI is InChI=1S/C30H36O5S/c1-3-4-5-6-7-8-19-36(31)23(2)20-24-9-11-25(12-10-24)34-26-13-15-27(16-14-26)35-29-18-17-28-21-30(29)33-22-32-28/h9-18,21,23H,3-8,19-20,22H2,1-2H3. The van der Waals surface area contributed by atoms with Crippen LogP contribution >= 0.6 is 0 Å². The molecular weight excluding hydrogens is 472 g/mol. The Morgan fingerprint density at radius 3 is 2.17 bits per heavy atom. The quantitative estimate of drug-likeness (QED) is 0.206. The first-order valence-corrected chi connectivity index (χ1v) is 14.3. The van der Waals surface area contributed by atoms with Crippen molar-refractivity contribution in [3.8, 4) is 34.5 Å². The molecule has 0 radical (unpaired) electrons. The molecular formula is C30H36O5S. The number of rotatable bonds is 14. The molecule has 192 valence electrons. The molecule has 0 amide bonds. The summed E-state index contributed by atoms with van der Waals surface area (Å²) in [5.41, 5.74) is 1.18. The highest BCUT2D eigenvalue weighted by atomic mass is 32.2. The molecule has 36 heavy (non-hydrogen) atoms. The summed E-state index contributed by atoms with van der Waals surface area (Å²) in [7, 11) is -0.784. The molecule has 2 bridgehead atoms. The van der Waals surface area contributed by atoms with E-state index in [-0.39, 0.29) is 12.0 Å². The SMILES string of the molecule is CCCCCCCCS(=O)C(C)Cc1ccc(Oc2ccc(Oc3ccc4cc3OCO4)cc2)cc1. The number of unbranched alkanes of at least 4 members (excludes halogenated alkanes) is 5. The maximum absolute atomic E-state index is 12.6. The van der Waals surface area contributed by atoms with Gasteiger partial charge in [0.15, 0.2) is 11.5 Å². The summed E-state index contributed by atoms with van der Waals surface area (Å²) >= 11 is 0. The topological polar surface area (TPSA) is 54.0 Å². The minimum Gasteiger partial charge on any atom is -0.457 e. The molecule has 0 spiro atoms. The first kappa shape index (κ1) is 26.1. The van der Waals surface area contributed by atoms with Gasteiger partial charge in [0.05, 0.1) is 0 Å². The van der Waals surface area contributed by atoms with E-state index in [4.69, 9.17) is 18.9 Å². The van der Waals surface area contributed by atoms with Crippen molar-refractivity contribution < 1.29 is 23.2 Å². The average Bonchev–Trinajstić information content (AvgIpc) is 2.90. The summed E-state index contributed by atoms with van der Waals surface area (Å²) in [5, 5.41) is 0.156. The maximum atomic E-state index is 12.6. The molecule has 0 aliphatic carbocycles. The lowest BCUT2D eigenvalue weighted by molar-refractivity contribution is 0.102. The summed E-state index contributed by atoms with van der Waals surface area (Å²) in [6.45, 7) is 4.51. The van der Waals surface area contributed by atoms with Crippen LogP contribution in [-0.2, 0) is 17.2 Å². The summed E-state index contributed by atoms with van der Waals surface area (Å²) in [5.74, 6) is 5.08. The summed E-state index contributed by atoms with van der Waals surface area (Å²) in [6.07, 6.45) is 8.19. The second-order valence-electron chi connectivity index (χ2n) is 9.20. The molecule has 5 nitrogen and oxygen atoms in total. The van der Waals surface area contributed by atoms with E-state index in [1.807, 2.05) is 54.6 Å². The third kappa shape index (κ3) is 7.76. The van der Waals surface area contributed by atoms with Crippen LogP contribution in [0.25, 0.3) is 0 Å². The number of benzene rings is 3. The molecule has 3 aromatic rings. The molecule has 0 aromatic heterocycles. The van der Waals surface area contributed by atoms with Gasteiger partial charge in [0.25, 0.3) is 0 Å². The zero-order valence-electron chi connectivity index (χ0n) is 21.2. The second-order valence-corrected chi connectivity index (χ2v) is 11.2. The number of hydrogen-bond donors (Lipinski definition) is 0. The molecule has 1 aliphatic rings. The van der Waals surface area contributed by atoms with Gasteiger partial charge in [0.2, 0.25) is 6.79 Å². The van der Waals surface area contributed by atoms with Crippen molar-refractivity contribution in [2.75, 3.05) is 12.5 Å². The van der Waals surface area contributed by atoms with Crippen LogP contribution in [0.1, 0.15) is 57.9 Å². The highest BCUT2D eigenvalue weighted by Gasteiger charge is 2.14. The van der Waals surface area contributed by atoms with Crippen molar-refractivity contribution >= 4 is 10.8 Å². The molecule has 2 unspecified atom stereocenters. The van der Waals surface area contributed by atoms with Gasteiger partial charge in [-0.25, -0.2) is 0 Å². The predicted octanol–water partition coefficient (Wildman–Crippen LogP) is 8.04. The molecule has 1 aliphatic heterocycles. The molecule has 0 N–H and O–H groups in total. The Bertz CT molecular complexity index is 1110. The van der Waals surface area contributed by atoms with Gasteiger partial charge >= 0.3 is 0 Å². The lowest BCUT2D eigenvalue weighted by Gasteiger charge is -2.18. The van der Waals surface area contributed by atoms with Gasteiger partial charge in [-0.2, -0.15) is 0 Å². The minimum atomic E-state index is -0.784. The largest absolute Gasteiger partial charge is 0.457 e. The first-order valence-electron chi connectivity index (χ1n) is 12.9. The van der Waals surface area contributed by atoms with Crippen LogP contribution in [0.5, 0.6) is 34.5 Å². The maximum Gasteiger partial charge on any atom is 0.231 e. The Kier molecular flexibility index (Phi) is 9.68. The van der Waals surface area contributed by atoms with Crippen LogP contribution in [0, 0.1) is 0 Å². The zero-order valence-corrected chi connectivity index (χ0v) is 22.1. The number of ether oxygens (including phenoxy) is 4. The van der Waals surface area contributed by atoms with E-state index in [1.54, 1.807) is 0 Å². The molecule has 6 heteroatoms. The molecule has 0 saturated carbocycles. The predicted molar refractivity (Wildman–Crippen MR) is 145 cm³/mol. The van der Waals surface area contributed by atoms with Gasteiger partial charge < -0.3 is 18.9 Å². The van der Waals surface area contributed by atoms with Crippen LogP contribution < -0.4 is 18.9 Å². The van der Waals surface area contributed by atoms with Crippen molar-refractivity contribution in [3.63, 3.8) is 0 Å². The second kappa shape index (κ2) is 13.4. The van der Waals surface area contributed by atoms with Gasteiger partial charge in [-0.1, -0.05) is 58.1 Å². The number of fused-ring (bicyclic) bond motifs is 2. The highest BCUT2D eigenvalue weighted by molar-refractivity contribution is 7.85. The van der Waals surface area contributed by atoms with Crippen LogP contribution in [0.3, 0.4) is 0 Å². The molecule has 2 atom stereocenters. The van der Waals surface area contributed by atoms with Crippen molar-refractivity contribution in [2.45, 2.75) is 64.0 Å². The average molecular weight is 509 g/mol. The normalized spacial score (nSPS) is 13.8. The summed E-state index contributed by atoms with van der Waals surface area (Å²) in [6, 6.07) is 21.0. The molecule has 1 heterocycles. The number of hydrogen-bond acceptors (Lipinski definition) is 5. The fourth-order valence-corrected chi connectivity index (χ4v) is 5.39. The van der Waals surface area contributed by atoms with Gasteiger partial charge in [-0.05, 0) is 66.9 Å². The Morgan fingerprint density at radius 1 is 0.806 bits per heavy atom. The molecule has 0 fully saturated rings. The van der Waals surface area contributed by atoms with Gasteiger partial charge in [-0.15, -0.1) is 0 Å². The zero-order chi connectivity index (χ0) is 25.2. The van der Waals surface area contributed by atoms with E-state index in [1.165, 1.54) is 37.7 Å². The lowest BCUT2D eigenvalue weighted by atomic mass is 10.1. The third-order valence-corrected chi connectivity index (χ3v) is 7.99. The fourth-order valence-electron chi connectivity index (χ4n) is 4.12. The smallest absolute Gasteiger partial charge is 0.231 e. The van der Waals surface area contributed by atoms with Crippen molar-refractivity contribution in [3.05, 3.63) is 72.3 Å². The van der Waals surface area contributed by atoms with Crippen molar-refractivity contribution in [2.24, 2.45) is 0 Å². The fraction of sp³-hybridized carbons (Fsp3) is 0.400. The van der Waals surface area contributed by atoms with E-state index in [9.17, 15) is 4.21 Å². The minimum absolute atomic E-state index is 0.156. The summed E-state index contributed by atoms with van der Waals surface area (Å²) < 4.78 is 35.3. The van der Waals surface area contributed by atoms with Gasteiger partial charge in [-0.3, -0.25) is 4.21 Å². The first-order chi connectivity index (χ1) is 17.6. The highest BCUT2D eigenvalue weighted by Crippen LogP contribution is 2.37. The Morgan fingerprint density at radius 2 is 1.44 bits per heavy atom. The van der Waals surface area contributed by atoms with Crippen LogP contribution in [0.2, 0.25) is 0 Å². The monoisotopic (exact) mass is 508 g/mol. The van der Waals surface area contributed by atoms with E-state index in [0.717, 1.165) is 35.8 Å². The third-order valence-electron chi connectivity index (χ3n) is 6.24. The Balaban J connectivity index is 1.23. The van der Waals surface area contributed by atoms with Crippen LogP contribution in [-0.4, -0.2) is 22.0 Å². The van der Waals surface area contributed by atoms with Gasteiger partial charge in [0, 0.05) is 27.9 Å². The van der Waals surface area contributed by atoms with E-state index in [2.05, 4.69) is 26.0 Å². The lowest BCUT2D eigenvalue weighted by Crippen LogP contribution is -2.16. The van der Waals surface area contributed by atoms with Crippen LogP contribution in [0.4, 0.5) is 0 Å². The van der Waals surface area contributed by atoms with Crippen molar-refractivity contribution in [1.29, 1.82) is 0 Å². The van der Waals surface area contributed by atoms with E-state index >= 15 is 0 Å². The summed E-state index contributed by atoms with van der Waals surface area (Å²) in [4.78, 5) is 0. The molecule has 3 aromatic carbocycles.